The fraction of sp³-hybridized carbons (Fsp3) is 0.161. The Hall–Kier alpha value is -4.09. The van der Waals surface area contributed by atoms with E-state index >= 15 is 0 Å². The Kier molecular flexibility index (Phi) is 7.71. The summed E-state index contributed by atoms with van der Waals surface area (Å²) < 4.78 is 70.0. The SMILES string of the molecule is CCCCCc1ccc(C#Cc2cc(F)c(C#Cc3ccc4c(F)c(F)c(F)cc4c3)c(F)c2)cc1. The minimum absolute atomic E-state index is 0.0822. The second kappa shape index (κ2) is 11.1. The van der Waals surface area contributed by atoms with Gasteiger partial charge in [0.05, 0.1) is 5.56 Å². The minimum Gasteiger partial charge on any atom is -0.205 e. The van der Waals surface area contributed by atoms with Crippen molar-refractivity contribution in [3.63, 3.8) is 0 Å². The molecule has 0 unspecified atom stereocenters. The Balaban J connectivity index is 1.54. The highest BCUT2D eigenvalue weighted by Gasteiger charge is 2.13. The van der Waals surface area contributed by atoms with Crippen molar-refractivity contribution < 1.29 is 22.0 Å². The summed E-state index contributed by atoms with van der Waals surface area (Å²) >= 11 is 0. The molecule has 0 fully saturated rings. The van der Waals surface area contributed by atoms with Crippen LogP contribution in [-0.2, 0) is 6.42 Å². The van der Waals surface area contributed by atoms with Gasteiger partial charge in [-0.05, 0) is 66.3 Å². The molecule has 0 saturated heterocycles. The summed E-state index contributed by atoms with van der Waals surface area (Å²) in [5.74, 6) is 4.73. The molecule has 0 heterocycles. The Bertz CT molecular complexity index is 1520. The highest BCUT2D eigenvalue weighted by molar-refractivity contribution is 5.84. The van der Waals surface area contributed by atoms with Crippen LogP contribution in [0.15, 0.2) is 60.7 Å². The van der Waals surface area contributed by atoms with E-state index in [1.54, 1.807) is 0 Å². The first-order chi connectivity index (χ1) is 17.4. The maximum atomic E-state index is 14.6. The monoisotopic (exact) mass is 488 g/mol. The van der Waals surface area contributed by atoms with E-state index in [4.69, 9.17) is 0 Å². The number of unbranched alkanes of at least 4 members (excludes halogenated alkanes) is 2. The normalized spacial score (nSPS) is 10.5. The summed E-state index contributed by atoms with van der Waals surface area (Å²) in [7, 11) is 0. The van der Waals surface area contributed by atoms with E-state index in [0.717, 1.165) is 43.0 Å². The van der Waals surface area contributed by atoms with Crippen LogP contribution in [0, 0.1) is 52.8 Å². The lowest BCUT2D eigenvalue weighted by atomic mass is 10.0. The molecule has 0 aromatic heterocycles. The van der Waals surface area contributed by atoms with E-state index in [2.05, 4.69) is 30.6 Å². The molecule has 4 aromatic rings. The Morgan fingerprint density at radius 1 is 0.583 bits per heavy atom. The van der Waals surface area contributed by atoms with Crippen LogP contribution >= 0.6 is 0 Å². The van der Waals surface area contributed by atoms with Gasteiger partial charge in [0.15, 0.2) is 17.5 Å². The first-order valence-corrected chi connectivity index (χ1v) is 11.5. The number of benzene rings is 4. The van der Waals surface area contributed by atoms with Crippen LogP contribution in [0.5, 0.6) is 0 Å². The predicted octanol–water partition coefficient (Wildman–Crippen LogP) is 8.07. The van der Waals surface area contributed by atoms with Gasteiger partial charge in [-0.3, -0.25) is 0 Å². The molecule has 0 N–H and O–H groups in total. The maximum absolute atomic E-state index is 14.6. The van der Waals surface area contributed by atoms with Crippen LogP contribution in [0.4, 0.5) is 22.0 Å². The first kappa shape index (κ1) is 25.0. The molecule has 0 aliphatic carbocycles. The van der Waals surface area contributed by atoms with Gasteiger partial charge in [0.1, 0.15) is 11.6 Å². The van der Waals surface area contributed by atoms with Crippen molar-refractivity contribution in [2.45, 2.75) is 32.6 Å². The van der Waals surface area contributed by atoms with E-state index in [0.29, 0.717) is 0 Å². The van der Waals surface area contributed by atoms with Crippen molar-refractivity contribution in [3.8, 4) is 23.7 Å². The summed E-state index contributed by atoms with van der Waals surface area (Å²) in [5.41, 5.74) is 1.94. The van der Waals surface area contributed by atoms with E-state index in [1.807, 2.05) is 24.3 Å². The fourth-order valence-corrected chi connectivity index (χ4v) is 3.76. The molecule has 0 nitrogen and oxygen atoms in total. The molecular weight excluding hydrogens is 467 g/mol. The van der Waals surface area contributed by atoms with E-state index in [-0.39, 0.29) is 21.9 Å². The van der Waals surface area contributed by atoms with Gasteiger partial charge in [0.2, 0.25) is 0 Å². The number of aryl methyl sites for hydroxylation is 1. The molecular formula is C31H21F5. The van der Waals surface area contributed by atoms with Crippen LogP contribution in [-0.4, -0.2) is 0 Å². The number of halogens is 5. The first-order valence-electron chi connectivity index (χ1n) is 11.5. The largest absolute Gasteiger partial charge is 0.205 e. The lowest BCUT2D eigenvalue weighted by molar-refractivity contribution is 0.453. The van der Waals surface area contributed by atoms with Crippen LogP contribution in [0.25, 0.3) is 10.8 Å². The third-order valence-corrected chi connectivity index (χ3v) is 5.72. The lowest BCUT2D eigenvalue weighted by Crippen LogP contribution is -1.93. The summed E-state index contributed by atoms with van der Waals surface area (Å²) in [5, 5.41) is -0.0374. The molecule has 0 radical (unpaired) electrons. The molecule has 0 amide bonds. The molecule has 0 atom stereocenters. The van der Waals surface area contributed by atoms with Crippen LogP contribution < -0.4 is 0 Å². The highest BCUT2D eigenvalue weighted by atomic mass is 19.2. The minimum atomic E-state index is -1.56. The van der Waals surface area contributed by atoms with Gasteiger partial charge >= 0.3 is 0 Å². The van der Waals surface area contributed by atoms with Crippen molar-refractivity contribution in [1.29, 1.82) is 0 Å². The average Bonchev–Trinajstić information content (AvgIpc) is 2.86. The van der Waals surface area contributed by atoms with Crippen molar-refractivity contribution in [3.05, 3.63) is 118 Å². The zero-order chi connectivity index (χ0) is 25.7. The van der Waals surface area contributed by atoms with Gasteiger partial charge < -0.3 is 0 Å². The average molecular weight is 488 g/mol. The molecule has 4 rings (SSSR count). The Morgan fingerprint density at radius 2 is 1.22 bits per heavy atom. The van der Waals surface area contributed by atoms with Gasteiger partial charge in [-0.2, -0.15) is 0 Å². The molecule has 0 bridgehead atoms. The molecule has 0 aliphatic rings. The van der Waals surface area contributed by atoms with E-state index in [1.165, 1.54) is 30.2 Å². The molecule has 4 aromatic carbocycles. The zero-order valence-corrected chi connectivity index (χ0v) is 19.5. The summed E-state index contributed by atoms with van der Waals surface area (Å²) in [6.07, 6.45) is 4.48. The molecule has 5 heteroatoms. The Morgan fingerprint density at radius 3 is 1.92 bits per heavy atom. The number of hydrogen-bond acceptors (Lipinski definition) is 0. The summed E-state index contributed by atoms with van der Waals surface area (Å²) in [6.45, 7) is 2.16. The van der Waals surface area contributed by atoms with Crippen molar-refractivity contribution in [2.24, 2.45) is 0 Å². The quantitative estimate of drug-likeness (QED) is 0.118. The number of rotatable bonds is 4. The van der Waals surface area contributed by atoms with Gasteiger partial charge in [-0.1, -0.05) is 61.6 Å². The number of hydrogen-bond donors (Lipinski definition) is 0. The molecule has 180 valence electrons. The van der Waals surface area contributed by atoms with Crippen LogP contribution in [0.1, 0.15) is 54.0 Å². The smallest absolute Gasteiger partial charge is 0.195 e. The molecule has 0 saturated carbocycles. The van der Waals surface area contributed by atoms with Gasteiger partial charge in [-0.25, -0.2) is 22.0 Å². The number of fused-ring (bicyclic) bond motifs is 1. The van der Waals surface area contributed by atoms with Crippen LogP contribution in [0.3, 0.4) is 0 Å². The summed E-state index contributed by atoms with van der Waals surface area (Å²) in [6, 6.07) is 14.7. The Labute approximate surface area is 206 Å². The van der Waals surface area contributed by atoms with Crippen molar-refractivity contribution in [1.82, 2.24) is 0 Å². The third-order valence-electron chi connectivity index (χ3n) is 5.72. The molecule has 0 spiro atoms. The molecule has 36 heavy (non-hydrogen) atoms. The van der Waals surface area contributed by atoms with Crippen molar-refractivity contribution in [2.75, 3.05) is 0 Å². The van der Waals surface area contributed by atoms with E-state index < -0.39 is 34.6 Å². The van der Waals surface area contributed by atoms with Crippen molar-refractivity contribution >= 4 is 10.8 Å². The molecule has 0 aliphatic heterocycles. The third kappa shape index (κ3) is 5.75. The summed E-state index contributed by atoms with van der Waals surface area (Å²) in [4.78, 5) is 0. The maximum Gasteiger partial charge on any atom is 0.195 e. The zero-order valence-electron chi connectivity index (χ0n) is 19.5. The standard InChI is InChI=1S/C31H21F5/c1-2-3-4-5-20-6-8-21(9-7-20)10-11-23-17-27(32)26(28(33)18-23)15-13-22-12-14-25-24(16-22)19-29(34)31(36)30(25)35/h6-9,12,14,16-19H,2-5H2,1H3. The van der Waals surface area contributed by atoms with E-state index in [9.17, 15) is 22.0 Å². The van der Waals surface area contributed by atoms with Gasteiger partial charge in [-0.15, -0.1) is 0 Å². The lowest BCUT2D eigenvalue weighted by Gasteiger charge is -2.03. The fourth-order valence-electron chi connectivity index (χ4n) is 3.76. The van der Waals surface area contributed by atoms with Gasteiger partial charge in [0.25, 0.3) is 0 Å². The highest BCUT2D eigenvalue weighted by Crippen LogP contribution is 2.24. The van der Waals surface area contributed by atoms with Crippen LogP contribution in [0.2, 0.25) is 0 Å². The predicted molar refractivity (Wildman–Crippen MR) is 132 cm³/mol. The van der Waals surface area contributed by atoms with Gasteiger partial charge in [0, 0.05) is 22.1 Å². The second-order valence-corrected chi connectivity index (χ2v) is 8.39. The second-order valence-electron chi connectivity index (χ2n) is 8.39. The topological polar surface area (TPSA) is 0 Å².